The molecule has 2 aromatic rings. The summed E-state index contributed by atoms with van der Waals surface area (Å²) in [7, 11) is -3.50. The van der Waals surface area contributed by atoms with Gasteiger partial charge in [-0.05, 0) is 30.7 Å². The molecule has 0 saturated carbocycles. The Morgan fingerprint density at radius 1 is 1.15 bits per heavy atom. The molecule has 0 aliphatic heterocycles. The number of carbonyl (C=O) groups excluding carboxylic acids is 2. The number of halogens is 1. The second-order valence-electron chi connectivity index (χ2n) is 5.69. The molecule has 0 unspecified atom stereocenters. The Morgan fingerprint density at radius 3 is 2.42 bits per heavy atom. The van der Waals surface area contributed by atoms with E-state index in [4.69, 9.17) is 16.3 Å². The van der Waals surface area contributed by atoms with Crippen molar-refractivity contribution in [2.45, 2.75) is 17.9 Å². The molecule has 6 nitrogen and oxygen atoms in total. The van der Waals surface area contributed by atoms with Gasteiger partial charge in [0.25, 0.3) is 5.91 Å². The van der Waals surface area contributed by atoms with Gasteiger partial charge in [0.2, 0.25) is 0 Å². The first-order chi connectivity index (χ1) is 12.2. The molecule has 8 heteroatoms. The van der Waals surface area contributed by atoms with Crippen molar-refractivity contribution >= 4 is 33.3 Å². The number of nitrogens with one attached hydrogen (secondary N) is 1. The van der Waals surface area contributed by atoms with Crippen LogP contribution in [-0.4, -0.2) is 33.2 Å². The van der Waals surface area contributed by atoms with E-state index in [0.29, 0.717) is 0 Å². The van der Waals surface area contributed by atoms with E-state index in [1.807, 2.05) is 37.3 Å². The molecule has 0 aromatic heterocycles. The molecule has 2 aromatic carbocycles. The molecule has 2 rings (SSSR count). The van der Waals surface area contributed by atoms with Crippen LogP contribution >= 0.6 is 11.6 Å². The summed E-state index contributed by atoms with van der Waals surface area (Å²) in [6, 6.07) is 12.8. The lowest BCUT2D eigenvalue weighted by atomic mass is 10.1. The normalized spacial score (nSPS) is 12.3. The highest BCUT2D eigenvalue weighted by molar-refractivity contribution is 7.90. The Kier molecular flexibility index (Phi) is 6.39. The molecule has 0 aliphatic rings. The summed E-state index contributed by atoms with van der Waals surface area (Å²) in [6.45, 7) is 1.30. The highest BCUT2D eigenvalue weighted by atomic mass is 35.5. The third-order valence-corrected chi connectivity index (χ3v) is 5.04. The van der Waals surface area contributed by atoms with Crippen molar-refractivity contribution in [2.75, 3.05) is 12.9 Å². The van der Waals surface area contributed by atoms with Crippen molar-refractivity contribution < 1.29 is 22.7 Å². The monoisotopic (exact) mass is 395 g/mol. The number of ether oxygens (including phenoxy) is 1. The second kappa shape index (κ2) is 8.33. The van der Waals surface area contributed by atoms with Gasteiger partial charge in [-0.2, -0.15) is 0 Å². The van der Waals surface area contributed by atoms with Gasteiger partial charge in [0.05, 0.1) is 21.5 Å². The highest BCUT2D eigenvalue weighted by Gasteiger charge is 2.18. The van der Waals surface area contributed by atoms with Gasteiger partial charge in [0, 0.05) is 6.26 Å². The summed E-state index contributed by atoms with van der Waals surface area (Å²) in [5, 5.41) is 2.75. The summed E-state index contributed by atoms with van der Waals surface area (Å²) >= 11 is 5.92. The Hall–Kier alpha value is -2.38. The number of benzene rings is 2. The van der Waals surface area contributed by atoms with E-state index < -0.39 is 28.3 Å². The maximum atomic E-state index is 12.1. The summed E-state index contributed by atoms with van der Waals surface area (Å²) < 4.78 is 28.1. The van der Waals surface area contributed by atoms with E-state index in [0.717, 1.165) is 17.9 Å². The first-order valence-electron chi connectivity index (χ1n) is 7.69. The average molecular weight is 396 g/mol. The largest absolute Gasteiger partial charge is 0.452 e. The van der Waals surface area contributed by atoms with Crippen molar-refractivity contribution in [3.8, 4) is 0 Å². The zero-order chi connectivity index (χ0) is 19.3. The molecule has 26 heavy (non-hydrogen) atoms. The molecule has 0 bridgehead atoms. The van der Waals surface area contributed by atoms with Crippen LogP contribution in [0.4, 0.5) is 0 Å². The van der Waals surface area contributed by atoms with Gasteiger partial charge in [0.15, 0.2) is 16.4 Å². The zero-order valence-corrected chi connectivity index (χ0v) is 15.8. The molecular weight excluding hydrogens is 378 g/mol. The van der Waals surface area contributed by atoms with Crippen LogP contribution in [0.3, 0.4) is 0 Å². The Balaban J connectivity index is 1.99. The van der Waals surface area contributed by atoms with Crippen LogP contribution in [-0.2, 0) is 19.4 Å². The molecule has 138 valence electrons. The molecule has 1 N–H and O–H groups in total. The standard InChI is InChI=1S/C18H18ClNO5S/c1-12(13-6-4-3-5-7-13)20-17(21)11-25-18(22)15-10-14(26(2,23)24)8-9-16(15)19/h3-10,12H,11H2,1-2H3,(H,20,21)/t12-/m0/s1. The van der Waals surface area contributed by atoms with Crippen molar-refractivity contribution in [3.05, 3.63) is 64.7 Å². The minimum Gasteiger partial charge on any atom is -0.452 e. The van der Waals surface area contributed by atoms with Gasteiger partial charge >= 0.3 is 5.97 Å². The van der Waals surface area contributed by atoms with Crippen molar-refractivity contribution in [1.82, 2.24) is 5.32 Å². The van der Waals surface area contributed by atoms with E-state index in [1.165, 1.54) is 12.1 Å². The Bertz CT molecular complexity index is 912. The maximum absolute atomic E-state index is 12.1. The Morgan fingerprint density at radius 2 is 1.81 bits per heavy atom. The third-order valence-electron chi connectivity index (χ3n) is 3.60. The van der Waals surface area contributed by atoms with Crippen molar-refractivity contribution in [3.63, 3.8) is 0 Å². The molecule has 1 atom stereocenters. The fourth-order valence-electron chi connectivity index (χ4n) is 2.21. The molecule has 0 radical (unpaired) electrons. The van der Waals surface area contributed by atoms with Crippen molar-refractivity contribution in [2.24, 2.45) is 0 Å². The number of hydrogen-bond donors (Lipinski definition) is 1. The van der Waals surface area contributed by atoms with Crippen LogP contribution in [0.5, 0.6) is 0 Å². The van der Waals surface area contributed by atoms with Gasteiger partial charge in [-0.3, -0.25) is 4.79 Å². The van der Waals surface area contributed by atoms with E-state index in [9.17, 15) is 18.0 Å². The predicted molar refractivity (Wildman–Crippen MR) is 97.8 cm³/mol. The number of carbonyl (C=O) groups is 2. The third kappa shape index (κ3) is 5.31. The summed E-state index contributed by atoms with van der Waals surface area (Å²) in [5.41, 5.74) is 0.801. The quantitative estimate of drug-likeness (QED) is 0.759. The van der Waals surface area contributed by atoms with E-state index >= 15 is 0 Å². The Labute approximate surface area is 157 Å². The maximum Gasteiger partial charge on any atom is 0.340 e. The first kappa shape index (κ1) is 19.9. The van der Waals surface area contributed by atoms with Crippen LogP contribution in [0, 0.1) is 0 Å². The molecule has 0 fully saturated rings. The summed E-state index contributed by atoms with van der Waals surface area (Å²) in [5.74, 6) is -1.35. The predicted octanol–water partition coefficient (Wildman–Crippen LogP) is 2.78. The van der Waals surface area contributed by atoms with Gasteiger partial charge in [-0.25, -0.2) is 13.2 Å². The van der Waals surface area contributed by atoms with Crippen molar-refractivity contribution in [1.29, 1.82) is 0 Å². The fraction of sp³-hybridized carbons (Fsp3) is 0.222. The average Bonchev–Trinajstić information content (AvgIpc) is 2.59. The smallest absolute Gasteiger partial charge is 0.340 e. The van der Waals surface area contributed by atoms with Crippen LogP contribution in [0.2, 0.25) is 5.02 Å². The van der Waals surface area contributed by atoms with Crippen LogP contribution < -0.4 is 5.32 Å². The highest BCUT2D eigenvalue weighted by Crippen LogP contribution is 2.21. The topological polar surface area (TPSA) is 89.5 Å². The van der Waals surface area contributed by atoms with Crippen LogP contribution in [0.1, 0.15) is 28.9 Å². The lowest BCUT2D eigenvalue weighted by Gasteiger charge is -2.14. The van der Waals surface area contributed by atoms with E-state index in [2.05, 4.69) is 5.32 Å². The minimum absolute atomic E-state index is 0.0421. The SMILES string of the molecule is C[C@H](NC(=O)COC(=O)c1cc(S(C)(=O)=O)ccc1Cl)c1ccccc1. The molecule has 0 aliphatic carbocycles. The van der Waals surface area contributed by atoms with Crippen LogP contribution in [0.25, 0.3) is 0 Å². The van der Waals surface area contributed by atoms with Gasteiger partial charge in [-0.1, -0.05) is 41.9 Å². The van der Waals surface area contributed by atoms with E-state index in [-0.39, 0.29) is 21.5 Å². The summed E-state index contributed by atoms with van der Waals surface area (Å²) in [6.07, 6.45) is 1.02. The minimum atomic E-state index is -3.50. The molecule has 0 saturated heterocycles. The van der Waals surface area contributed by atoms with Gasteiger partial charge < -0.3 is 10.1 Å². The number of esters is 1. The molecular formula is C18H18ClNO5S. The van der Waals surface area contributed by atoms with Gasteiger partial charge in [0.1, 0.15) is 0 Å². The number of amides is 1. The van der Waals surface area contributed by atoms with Crippen LogP contribution in [0.15, 0.2) is 53.4 Å². The molecule has 0 heterocycles. The lowest BCUT2D eigenvalue weighted by Crippen LogP contribution is -2.31. The fourth-order valence-corrected chi connectivity index (χ4v) is 3.05. The second-order valence-corrected chi connectivity index (χ2v) is 8.11. The van der Waals surface area contributed by atoms with Gasteiger partial charge in [-0.15, -0.1) is 0 Å². The first-order valence-corrected chi connectivity index (χ1v) is 9.96. The summed E-state index contributed by atoms with van der Waals surface area (Å²) in [4.78, 5) is 24.0. The number of sulfone groups is 1. The number of hydrogen-bond acceptors (Lipinski definition) is 5. The van der Waals surface area contributed by atoms with E-state index in [1.54, 1.807) is 0 Å². The molecule has 0 spiro atoms. The zero-order valence-electron chi connectivity index (χ0n) is 14.2. The molecule has 1 amide bonds. The number of rotatable bonds is 6. The lowest BCUT2D eigenvalue weighted by molar-refractivity contribution is -0.124.